The minimum Gasteiger partial charge on any atom is -0.462 e. The molecule has 27 heavy (non-hydrogen) atoms. The molecule has 0 aromatic heterocycles. The highest BCUT2D eigenvalue weighted by molar-refractivity contribution is 9.10. The zero-order chi connectivity index (χ0) is 19.1. The molecule has 2 amide bonds. The van der Waals surface area contributed by atoms with Gasteiger partial charge in [0.2, 0.25) is 0 Å². The third-order valence-corrected chi connectivity index (χ3v) is 6.05. The number of rotatable bonds is 4. The standard InChI is InChI=1S/C18H17BrN2O6/c19-10-3-1-8(2-4-10)16(23)21-20-13(22)7-26-17(24)14-9-5-11-12(6-9)27-18(25)15(11)14/h1-4,9,11-12,14-15H,5-7H2,(H,20,22)(H,21,23)/t9-,11+,12+,14-,15+/m1/s1. The van der Waals surface area contributed by atoms with Crippen LogP contribution in [0.3, 0.4) is 0 Å². The molecule has 2 N–H and O–H groups in total. The van der Waals surface area contributed by atoms with Gasteiger partial charge in [0.1, 0.15) is 6.10 Å². The van der Waals surface area contributed by atoms with E-state index in [0.29, 0.717) is 12.0 Å². The van der Waals surface area contributed by atoms with Gasteiger partial charge in [-0.2, -0.15) is 0 Å². The van der Waals surface area contributed by atoms with Crippen LogP contribution in [0.4, 0.5) is 0 Å². The molecule has 2 aliphatic carbocycles. The Morgan fingerprint density at radius 3 is 2.63 bits per heavy atom. The molecule has 2 saturated carbocycles. The molecule has 9 heteroatoms. The van der Waals surface area contributed by atoms with Gasteiger partial charge in [-0.3, -0.25) is 30.0 Å². The summed E-state index contributed by atoms with van der Waals surface area (Å²) in [7, 11) is 0. The summed E-state index contributed by atoms with van der Waals surface area (Å²) in [5.41, 5.74) is 4.82. The molecule has 0 spiro atoms. The number of hydrogen-bond donors (Lipinski definition) is 2. The fourth-order valence-corrected chi connectivity index (χ4v) is 4.66. The first-order valence-corrected chi connectivity index (χ1v) is 9.45. The van der Waals surface area contributed by atoms with Gasteiger partial charge in [0.05, 0.1) is 11.8 Å². The van der Waals surface area contributed by atoms with Crippen molar-refractivity contribution in [3.63, 3.8) is 0 Å². The lowest BCUT2D eigenvalue weighted by molar-refractivity contribution is -0.158. The van der Waals surface area contributed by atoms with E-state index in [0.717, 1.165) is 10.9 Å². The van der Waals surface area contributed by atoms with Crippen molar-refractivity contribution in [2.45, 2.75) is 18.9 Å². The molecule has 3 fully saturated rings. The molecule has 1 heterocycles. The first kappa shape index (κ1) is 18.0. The van der Waals surface area contributed by atoms with Gasteiger partial charge in [0.25, 0.3) is 11.8 Å². The van der Waals surface area contributed by atoms with Gasteiger partial charge in [0, 0.05) is 16.0 Å². The van der Waals surface area contributed by atoms with Crippen molar-refractivity contribution < 1.29 is 28.7 Å². The number of carbonyl (C=O) groups excluding carboxylic acids is 4. The van der Waals surface area contributed by atoms with E-state index in [1.807, 2.05) is 0 Å². The highest BCUT2D eigenvalue weighted by atomic mass is 79.9. The van der Waals surface area contributed by atoms with Gasteiger partial charge in [0.15, 0.2) is 6.61 Å². The van der Waals surface area contributed by atoms with Crippen LogP contribution in [-0.4, -0.2) is 36.5 Å². The Morgan fingerprint density at radius 1 is 1.15 bits per heavy atom. The summed E-state index contributed by atoms with van der Waals surface area (Å²) >= 11 is 3.27. The Kier molecular flexibility index (Phi) is 4.63. The average molecular weight is 437 g/mol. The zero-order valence-electron chi connectivity index (χ0n) is 14.1. The highest BCUT2D eigenvalue weighted by Crippen LogP contribution is 2.57. The molecular formula is C18H17BrN2O6. The van der Waals surface area contributed by atoms with Crippen LogP contribution in [-0.2, 0) is 23.9 Å². The van der Waals surface area contributed by atoms with E-state index in [4.69, 9.17) is 9.47 Å². The Labute approximate surface area is 163 Å². The number of amides is 2. The van der Waals surface area contributed by atoms with Crippen LogP contribution in [0.1, 0.15) is 23.2 Å². The van der Waals surface area contributed by atoms with Crippen molar-refractivity contribution in [3.05, 3.63) is 34.3 Å². The van der Waals surface area contributed by atoms with Gasteiger partial charge in [-0.1, -0.05) is 15.9 Å². The largest absolute Gasteiger partial charge is 0.462 e. The number of fused-ring (bicyclic) bond motifs is 1. The number of hydrazine groups is 1. The number of benzene rings is 1. The van der Waals surface area contributed by atoms with Crippen molar-refractivity contribution in [3.8, 4) is 0 Å². The van der Waals surface area contributed by atoms with Crippen LogP contribution in [0.5, 0.6) is 0 Å². The molecule has 5 atom stereocenters. The Morgan fingerprint density at radius 2 is 1.89 bits per heavy atom. The van der Waals surface area contributed by atoms with E-state index in [1.165, 1.54) is 0 Å². The molecule has 1 aromatic carbocycles. The first-order valence-electron chi connectivity index (χ1n) is 8.66. The van der Waals surface area contributed by atoms with Crippen molar-refractivity contribution in [2.24, 2.45) is 23.7 Å². The van der Waals surface area contributed by atoms with E-state index in [-0.39, 0.29) is 23.9 Å². The highest BCUT2D eigenvalue weighted by Gasteiger charge is 2.64. The molecule has 1 aliphatic heterocycles. The molecule has 1 aromatic rings. The zero-order valence-corrected chi connectivity index (χ0v) is 15.7. The van der Waals surface area contributed by atoms with Crippen LogP contribution in [0, 0.1) is 23.7 Å². The molecule has 1 saturated heterocycles. The smallest absolute Gasteiger partial charge is 0.310 e. The fraction of sp³-hybridized carbons (Fsp3) is 0.444. The van der Waals surface area contributed by atoms with Gasteiger partial charge in [-0.05, 0) is 43.0 Å². The van der Waals surface area contributed by atoms with Gasteiger partial charge in [-0.15, -0.1) is 0 Å². The van der Waals surface area contributed by atoms with Crippen LogP contribution in [0.2, 0.25) is 0 Å². The monoisotopic (exact) mass is 436 g/mol. The summed E-state index contributed by atoms with van der Waals surface area (Å²) in [5, 5.41) is 0. The molecule has 4 rings (SSSR count). The lowest BCUT2D eigenvalue weighted by atomic mass is 9.80. The summed E-state index contributed by atoms with van der Waals surface area (Å²) in [5.74, 6) is -2.85. The van der Waals surface area contributed by atoms with Gasteiger partial charge in [-0.25, -0.2) is 0 Å². The lowest BCUT2D eigenvalue weighted by Crippen LogP contribution is -2.44. The van der Waals surface area contributed by atoms with Gasteiger partial charge >= 0.3 is 11.9 Å². The number of nitrogens with one attached hydrogen (secondary N) is 2. The van der Waals surface area contributed by atoms with E-state index < -0.39 is 36.2 Å². The molecule has 8 nitrogen and oxygen atoms in total. The van der Waals surface area contributed by atoms with Crippen LogP contribution < -0.4 is 10.9 Å². The molecule has 0 radical (unpaired) electrons. The van der Waals surface area contributed by atoms with Gasteiger partial charge < -0.3 is 9.47 Å². The first-order chi connectivity index (χ1) is 12.9. The van der Waals surface area contributed by atoms with E-state index in [9.17, 15) is 19.2 Å². The summed E-state index contributed by atoms with van der Waals surface area (Å²) in [6.07, 6.45) is 1.41. The summed E-state index contributed by atoms with van der Waals surface area (Å²) in [6.45, 7) is -0.529. The van der Waals surface area contributed by atoms with Crippen molar-refractivity contribution in [1.29, 1.82) is 0 Å². The van der Waals surface area contributed by atoms with Crippen molar-refractivity contribution in [1.82, 2.24) is 10.9 Å². The Balaban J connectivity index is 1.25. The second kappa shape index (κ2) is 6.95. The fourth-order valence-electron chi connectivity index (χ4n) is 4.39. The third kappa shape index (κ3) is 3.31. The van der Waals surface area contributed by atoms with Crippen LogP contribution in [0.15, 0.2) is 28.7 Å². The number of hydrogen-bond acceptors (Lipinski definition) is 6. The lowest BCUT2D eigenvalue weighted by Gasteiger charge is -2.22. The van der Waals surface area contributed by atoms with Crippen LogP contribution >= 0.6 is 15.9 Å². The predicted molar refractivity (Wildman–Crippen MR) is 93.8 cm³/mol. The Hall–Kier alpha value is -2.42. The minimum atomic E-state index is -0.663. The molecule has 0 unspecified atom stereocenters. The van der Waals surface area contributed by atoms with E-state index in [2.05, 4.69) is 26.8 Å². The number of halogens is 1. The summed E-state index contributed by atoms with van der Waals surface area (Å²) < 4.78 is 11.2. The third-order valence-electron chi connectivity index (χ3n) is 5.52. The number of carbonyl (C=O) groups is 4. The predicted octanol–water partition coefficient (Wildman–Crippen LogP) is 0.951. The molecule has 142 valence electrons. The van der Waals surface area contributed by atoms with Crippen LogP contribution in [0.25, 0.3) is 0 Å². The average Bonchev–Trinajstić information content (AvgIpc) is 3.27. The summed E-state index contributed by atoms with van der Waals surface area (Å²) in [6, 6.07) is 6.59. The second-order valence-corrected chi connectivity index (χ2v) is 7.95. The minimum absolute atomic E-state index is 0.0614. The molecule has 3 aliphatic rings. The summed E-state index contributed by atoms with van der Waals surface area (Å²) in [4.78, 5) is 48.0. The van der Waals surface area contributed by atoms with E-state index in [1.54, 1.807) is 24.3 Å². The second-order valence-electron chi connectivity index (χ2n) is 7.04. The maximum absolute atomic E-state index is 12.4. The molecule has 2 bridgehead atoms. The van der Waals surface area contributed by atoms with Crippen molar-refractivity contribution in [2.75, 3.05) is 6.61 Å². The Bertz CT molecular complexity index is 809. The quantitative estimate of drug-likeness (QED) is 0.536. The SMILES string of the molecule is O=C(COC(=O)[C@@H]1[C@@H]2C[C@@H]3[C@@H]1C(=O)O[C@H]3C2)NNC(=O)c1ccc(Br)cc1. The number of esters is 2. The maximum atomic E-state index is 12.4. The maximum Gasteiger partial charge on any atom is 0.310 e. The normalized spacial score (nSPS) is 30.0. The number of ether oxygens (including phenoxy) is 2. The van der Waals surface area contributed by atoms with Crippen molar-refractivity contribution >= 4 is 39.7 Å². The van der Waals surface area contributed by atoms with E-state index >= 15 is 0 Å². The molecular weight excluding hydrogens is 420 g/mol. The topological polar surface area (TPSA) is 111 Å².